The van der Waals surface area contributed by atoms with Gasteiger partial charge in [0.05, 0.1) is 11.4 Å². The summed E-state index contributed by atoms with van der Waals surface area (Å²) in [5, 5.41) is 8.38. The predicted molar refractivity (Wildman–Crippen MR) is 82.0 cm³/mol. The first kappa shape index (κ1) is 14.0. The van der Waals surface area contributed by atoms with Gasteiger partial charge in [-0.25, -0.2) is 4.68 Å². The standard InChI is InChI=1S/C17H21N3O/c1-2-13-8-6-7-11-16(13)20-17(15(12-21)18-19-20)14-9-4-3-5-10-14/h6-8,11-12,14H,2-5,9-10H2,1H3. The molecule has 1 aromatic heterocycles. The summed E-state index contributed by atoms with van der Waals surface area (Å²) in [6.07, 6.45) is 7.79. The van der Waals surface area contributed by atoms with Crippen LogP contribution in [0.4, 0.5) is 0 Å². The van der Waals surface area contributed by atoms with Crippen molar-refractivity contribution in [1.29, 1.82) is 0 Å². The van der Waals surface area contributed by atoms with Crippen LogP contribution in [0.2, 0.25) is 0 Å². The summed E-state index contributed by atoms with van der Waals surface area (Å²) in [5.41, 5.74) is 3.80. The maximum atomic E-state index is 11.4. The van der Waals surface area contributed by atoms with Crippen molar-refractivity contribution in [3.05, 3.63) is 41.2 Å². The third-order valence-electron chi connectivity index (χ3n) is 4.44. The molecule has 0 N–H and O–H groups in total. The van der Waals surface area contributed by atoms with Crippen LogP contribution in [0.3, 0.4) is 0 Å². The van der Waals surface area contributed by atoms with Crippen LogP contribution >= 0.6 is 0 Å². The number of nitrogens with zero attached hydrogens (tertiary/aromatic N) is 3. The van der Waals surface area contributed by atoms with Gasteiger partial charge in [0, 0.05) is 5.92 Å². The van der Waals surface area contributed by atoms with E-state index in [1.165, 1.54) is 24.8 Å². The van der Waals surface area contributed by atoms with Gasteiger partial charge in [-0.05, 0) is 30.9 Å². The Labute approximate surface area is 125 Å². The molecule has 0 aliphatic heterocycles. The molecule has 21 heavy (non-hydrogen) atoms. The SMILES string of the molecule is CCc1ccccc1-n1nnc(C=O)c1C1CCCCC1. The first-order chi connectivity index (χ1) is 10.3. The molecule has 2 aromatic rings. The van der Waals surface area contributed by atoms with Crippen molar-refractivity contribution in [2.75, 3.05) is 0 Å². The zero-order valence-electron chi connectivity index (χ0n) is 12.5. The summed E-state index contributed by atoms with van der Waals surface area (Å²) in [4.78, 5) is 11.4. The zero-order chi connectivity index (χ0) is 14.7. The Balaban J connectivity index is 2.10. The number of hydrogen-bond donors (Lipinski definition) is 0. The van der Waals surface area contributed by atoms with Gasteiger partial charge in [-0.2, -0.15) is 0 Å². The Morgan fingerprint density at radius 2 is 2.00 bits per heavy atom. The number of benzene rings is 1. The fraction of sp³-hybridized carbons (Fsp3) is 0.471. The van der Waals surface area contributed by atoms with E-state index in [1.807, 2.05) is 16.8 Å². The van der Waals surface area contributed by atoms with Gasteiger partial charge in [0.2, 0.25) is 0 Å². The summed E-state index contributed by atoms with van der Waals surface area (Å²) < 4.78 is 1.90. The molecule has 0 amide bonds. The van der Waals surface area contributed by atoms with Crippen LogP contribution in [0.25, 0.3) is 5.69 Å². The lowest BCUT2D eigenvalue weighted by Gasteiger charge is -2.23. The molecule has 1 aliphatic carbocycles. The minimum absolute atomic E-state index is 0.402. The van der Waals surface area contributed by atoms with Crippen LogP contribution in [0.5, 0.6) is 0 Å². The first-order valence-corrected chi connectivity index (χ1v) is 7.84. The second-order valence-corrected chi connectivity index (χ2v) is 5.71. The summed E-state index contributed by atoms with van der Waals surface area (Å²) >= 11 is 0. The van der Waals surface area contributed by atoms with Crippen LogP contribution in [0.15, 0.2) is 24.3 Å². The molecule has 1 aliphatic rings. The fourth-order valence-electron chi connectivity index (χ4n) is 3.34. The average molecular weight is 283 g/mol. The van der Waals surface area contributed by atoms with E-state index >= 15 is 0 Å². The van der Waals surface area contributed by atoms with Crippen molar-refractivity contribution < 1.29 is 4.79 Å². The van der Waals surface area contributed by atoms with Crippen molar-refractivity contribution in [3.8, 4) is 5.69 Å². The molecule has 0 saturated heterocycles. The lowest BCUT2D eigenvalue weighted by atomic mass is 9.86. The molecule has 0 atom stereocenters. The number of rotatable bonds is 4. The number of hydrogen-bond acceptors (Lipinski definition) is 3. The van der Waals surface area contributed by atoms with Crippen molar-refractivity contribution in [2.24, 2.45) is 0 Å². The summed E-state index contributed by atoms with van der Waals surface area (Å²) in [6.45, 7) is 2.14. The van der Waals surface area contributed by atoms with E-state index in [9.17, 15) is 4.79 Å². The second kappa shape index (κ2) is 6.20. The van der Waals surface area contributed by atoms with Gasteiger partial charge in [-0.3, -0.25) is 4.79 Å². The van der Waals surface area contributed by atoms with Crippen LogP contribution in [0.1, 0.15) is 66.7 Å². The molecule has 3 rings (SSSR count). The number of aromatic nitrogens is 3. The van der Waals surface area contributed by atoms with Gasteiger partial charge < -0.3 is 0 Å². The number of aldehydes is 1. The Morgan fingerprint density at radius 3 is 2.71 bits per heavy atom. The molecule has 0 radical (unpaired) electrons. The molecular formula is C17H21N3O. The average Bonchev–Trinajstić information content (AvgIpc) is 2.99. The van der Waals surface area contributed by atoms with Crippen LogP contribution in [-0.4, -0.2) is 21.3 Å². The van der Waals surface area contributed by atoms with Gasteiger partial charge >= 0.3 is 0 Å². The fourth-order valence-corrected chi connectivity index (χ4v) is 3.34. The van der Waals surface area contributed by atoms with Gasteiger partial charge in [0.25, 0.3) is 0 Å². The highest BCUT2D eigenvalue weighted by Crippen LogP contribution is 2.34. The number of carbonyl (C=O) groups excluding carboxylic acids is 1. The normalized spacial score (nSPS) is 16.0. The molecule has 4 heteroatoms. The van der Waals surface area contributed by atoms with Crippen LogP contribution in [0, 0.1) is 0 Å². The van der Waals surface area contributed by atoms with Gasteiger partial charge in [0.1, 0.15) is 5.69 Å². The first-order valence-electron chi connectivity index (χ1n) is 7.84. The monoisotopic (exact) mass is 283 g/mol. The minimum atomic E-state index is 0.402. The van der Waals surface area contributed by atoms with Crippen molar-refractivity contribution >= 4 is 6.29 Å². The molecule has 1 fully saturated rings. The van der Waals surface area contributed by atoms with E-state index < -0.39 is 0 Å². The largest absolute Gasteiger partial charge is 0.296 e. The van der Waals surface area contributed by atoms with E-state index in [0.717, 1.165) is 36.9 Å². The van der Waals surface area contributed by atoms with E-state index in [2.05, 4.69) is 29.4 Å². The lowest BCUT2D eigenvalue weighted by molar-refractivity contribution is 0.111. The maximum Gasteiger partial charge on any atom is 0.172 e. The topological polar surface area (TPSA) is 47.8 Å². The van der Waals surface area contributed by atoms with Gasteiger partial charge in [-0.15, -0.1) is 5.10 Å². The Bertz CT molecular complexity index is 627. The highest BCUT2D eigenvalue weighted by molar-refractivity contribution is 5.74. The molecule has 1 saturated carbocycles. The van der Waals surface area contributed by atoms with Crippen molar-refractivity contribution in [3.63, 3.8) is 0 Å². The molecule has 0 unspecified atom stereocenters. The second-order valence-electron chi connectivity index (χ2n) is 5.71. The number of para-hydroxylation sites is 1. The lowest BCUT2D eigenvalue weighted by Crippen LogP contribution is -2.13. The van der Waals surface area contributed by atoms with E-state index in [4.69, 9.17) is 0 Å². The third kappa shape index (κ3) is 2.62. The van der Waals surface area contributed by atoms with Crippen LogP contribution in [-0.2, 0) is 6.42 Å². The smallest absolute Gasteiger partial charge is 0.172 e. The Hall–Kier alpha value is -1.97. The third-order valence-corrected chi connectivity index (χ3v) is 4.44. The maximum absolute atomic E-state index is 11.4. The minimum Gasteiger partial charge on any atom is -0.296 e. The summed E-state index contributed by atoms with van der Waals surface area (Å²) in [7, 11) is 0. The Morgan fingerprint density at radius 1 is 1.24 bits per heavy atom. The van der Waals surface area contributed by atoms with E-state index in [-0.39, 0.29) is 0 Å². The van der Waals surface area contributed by atoms with Crippen molar-refractivity contribution in [1.82, 2.24) is 15.0 Å². The van der Waals surface area contributed by atoms with E-state index in [1.54, 1.807) is 0 Å². The highest BCUT2D eigenvalue weighted by Gasteiger charge is 2.25. The molecule has 0 spiro atoms. The quantitative estimate of drug-likeness (QED) is 0.804. The van der Waals surface area contributed by atoms with Crippen LogP contribution < -0.4 is 0 Å². The molecule has 1 heterocycles. The van der Waals surface area contributed by atoms with Gasteiger partial charge in [0.15, 0.2) is 6.29 Å². The highest BCUT2D eigenvalue weighted by atomic mass is 16.1. The molecule has 4 nitrogen and oxygen atoms in total. The van der Waals surface area contributed by atoms with Crippen molar-refractivity contribution in [2.45, 2.75) is 51.4 Å². The Kier molecular flexibility index (Phi) is 4.13. The predicted octanol–water partition coefficient (Wildman–Crippen LogP) is 3.69. The van der Waals surface area contributed by atoms with Gasteiger partial charge in [-0.1, -0.05) is 49.6 Å². The zero-order valence-corrected chi connectivity index (χ0v) is 12.5. The number of carbonyl (C=O) groups is 1. The summed E-state index contributed by atoms with van der Waals surface area (Å²) in [6, 6.07) is 8.23. The number of aryl methyl sites for hydroxylation is 1. The molecule has 1 aromatic carbocycles. The molecular weight excluding hydrogens is 262 g/mol. The summed E-state index contributed by atoms with van der Waals surface area (Å²) in [5.74, 6) is 0.402. The van der Waals surface area contributed by atoms with E-state index in [0.29, 0.717) is 11.6 Å². The molecule has 110 valence electrons. The molecule has 0 bridgehead atoms.